The number of aliphatic hydroxyl groups excluding tert-OH is 10. The van der Waals surface area contributed by atoms with Gasteiger partial charge in [0.15, 0.2) is 18.7 Å². The molecule has 24 nitrogen and oxygen atoms in total. The zero-order valence-electron chi connectivity index (χ0n) is 63.1. The van der Waals surface area contributed by atoms with Crippen molar-refractivity contribution in [2.75, 3.05) is 26.4 Å². The van der Waals surface area contributed by atoms with Crippen LogP contribution in [0.1, 0.15) is 323 Å². The van der Waals surface area contributed by atoms with E-state index in [-0.39, 0.29) is 19.3 Å². The number of carbonyl (C=O) groups excluding carboxylic acids is 3. The van der Waals surface area contributed by atoms with Gasteiger partial charge in [-0.2, -0.15) is 0 Å². The average molecular weight is 1480 g/mol. The van der Waals surface area contributed by atoms with Gasteiger partial charge in [-0.15, -0.1) is 0 Å². The standard InChI is InChI=1S/C77H143O24P/c1-5-8-11-14-17-19-21-23-25-27-28-30-32-34-40-46-51-62(80)94-56-60-65(83)67(85)72(90)77(98-60)100-74-70(88)68(86)69(87)73(99-76-71(89)66(84)64(82)59(53-78)97-76)75(74)101-102(91,92)95-55-58(96-63(81)52-47-42-35-33-31-29-26-24-22-20-18-15-12-9-6-2)54-93-61(79)50-45-41-37-36-39-44-49-57(4)48-43-38-16-13-10-7-3/h20,22,57-60,64-78,82-90H,5-19,21,23-56H2,1-4H3,(H,91,92)/b22-20-. The number of rotatable bonds is 63. The van der Waals surface area contributed by atoms with Gasteiger partial charge in [0.25, 0.3) is 0 Å². The largest absolute Gasteiger partial charge is 0.472 e. The fraction of sp³-hybridized carbons (Fsp3) is 0.935. The molecule has 11 N–H and O–H groups in total. The van der Waals surface area contributed by atoms with Crippen molar-refractivity contribution in [1.82, 2.24) is 0 Å². The minimum Gasteiger partial charge on any atom is -0.463 e. The minimum atomic E-state index is -5.70. The fourth-order valence-corrected chi connectivity index (χ4v) is 14.5. The molecule has 0 bridgehead atoms. The summed E-state index contributed by atoms with van der Waals surface area (Å²) in [5, 5.41) is 110. The first-order valence-corrected chi connectivity index (χ1v) is 41.9. The van der Waals surface area contributed by atoms with Crippen LogP contribution in [0, 0.1) is 5.92 Å². The summed E-state index contributed by atoms with van der Waals surface area (Å²) in [7, 11) is -5.70. The first kappa shape index (κ1) is 93.9. The smallest absolute Gasteiger partial charge is 0.463 e. The number of esters is 3. The Hall–Kier alpha value is -2.30. The second-order valence-electron chi connectivity index (χ2n) is 29.4. The normalized spacial score (nSPS) is 27.4. The molecule has 3 fully saturated rings. The Balaban J connectivity index is 1.71. The summed E-state index contributed by atoms with van der Waals surface area (Å²) in [5.41, 5.74) is 0. The predicted octanol–water partition coefficient (Wildman–Crippen LogP) is 12.2. The predicted molar refractivity (Wildman–Crippen MR) is 388 cm³/mol. The van der Waals surface area contributed by atoms with Crippen LogP contribution in [-0.2, 0) is 61.2 Å². The first-order valence-electron chi connectivity index (χ1n) is 40.4. The maximum atomic E-state index is 14.4. The van der Waals surface area contributed by atoms with Gasteiger partial charge in [-0.25, -0.2) is 4.57 Å². The molecule has 2 aliphatic heterocycles. The highest BCUT2D eigenvalue weighted by Crippen LogP contribution is 2.49. The Morgan fingerprint density at radius 2 is 0.745 bits per heavy atom. The molecule has 3 aliphatic rings. The Morgan fingerprint density at radius 3 is 1.17 bits per heavy atom. The van der Waals surface area contributed by atoms with Crippen LogP contribution in [0.3, 0.4) is 0 Å². The number of ether oxygens (including phenoxy) is 7. The number of aliphatic hydroxyl groups is 10. The van der Waals surface area contributed by atoms with E-state index in [0.717, 1.165) is 116 Å². The third kappa shape index (κ3) is 40.2. The lowest BCUT2D eigenvalue weighted by atomic mass is 9.84. The van der Waals surface area contributed by atoms with Crippen LogP contribution in [0.5, 0.6) is 0 Å². The van der Waals surface area contributed by atoms with E-state index >= 15 is 0 Å². The highest BCUT2D eigenvalue weighted by Gasteiger charge is 2.58. The number of unbranched alkanes of at least 4 members (excludes halogenated alkanes) is 36. The van der Waals surface area contributed by atoms with E-state index in [1.165, 1.54) is 141 Å². The molecule has 0 amide bonds. The Morgan fingerprint density at radius 1 is 0.402 bits per heavy atom. The second-order valence-corrected chi connectivity index (χ2v) is 30.8. The maximum absolute atomic E-state index is 14.4. The SMILES string of the molecule is CCCCCC/C=C\CCCCCCCCCC(=O)OC(COC(=O)CCCCCCCCC(C)CCCCCCCC)COP(=O)(O)OC1C(OC2OC(CO)C(O)C(O)C2O)C(O)C(O)C(O)C1OC1OC(COC(=O)CCCCCCCCCCCCCCCCCC)C(O)C(O)C1O. The zero-order valence-corrected chi connectivity index (χ0v) is 64.0. The van der Waals surface area contributed by atoms with Gasteiger partial charge in [-0.05, 0) is 50.9 Å². The van der Waals surface area contributed by atoms with E-state index in [4.69, 9.17) is 42.2 Å². The summed E-state index contributed by atoms with van der Waals surface area (Å²) >= 11 is 0. The Labute approximate surface area is 612 Å². The number of hydrogen-bond donors (Lipinski definition) is 11. The summed E-state index contributed by atoms with van der Waals surface area (Å²) in [6, 6.07) is 0. The lowest BCUT2D eigenvalue weighted by Gasteiger charge is -2.49. The van der Waals surface area contributed by atoms with E-state index in [2.05, 4.69) is 39.8 Å². The quantitative estimate of drug-likeness (QED) is 0.00886. The minimum absolute atomic E-state index is 0.0325. The van der Waals surface area contributed by atoms with Crippen LogP contribution in [0.25, 0.3) is 0 Å². The molecule has 19 unspecified atom stereocenters. The Bertz CT molecular complexity index is 2160. The number of phosphoric ester groups is 1. The lowest BCUT2D eigenvalue weighted by molar-refractivity contribution is -0.360. The molecule has 1 saturated carbocycles. The number of hydrogen-bond acceptors (Lipinski definition) is 23. The molecule has 102 heavy (non-hydrogen) atoms. The maximum Gasteiger partial charge on any atom is 0.472 e. The Kier molecular flexibility index (Phi) is 53.2. The summed E-state index contributed by atoms with van der Waals surface area (Å²) in [4.78, 5) is 51.2. The molecule has 19 atom stereocenters. The molecule has 0 aromatic carbocycles. The van der Waals surface area contributed by atoms with E-state index in [1.54, 1.807) is 0 Å². The van der Waals surface area contributed by atoms with Crippen LogP contribution in [-0.4, -0.2) is 204 Å². The van der Waals surface area contributed by atoms with Crippen LogP contribution in [0.4, 0.5) is 0 Å². The zero-order chi connectivity index (χ0) is 74.8. The van der Waals surface area contributed by atoms with E-state index in [9.17, 15) is 74.9 Å². The summed E-state index contributed by atoms with van der Waals surface area (Å²) < 4.78 is 65.2. The van der Waals surface area contributed by atoms with E-state index in [0.29, 0.717) is 25.2 Å². The van der Waals surface area contributed by atoms with Gasteiger partial charge in [0.1, 0.15) is 98.7 Å². The molecule has 2 heterocycles. The van der Waals surface area contributed by atoms with Gasteiger partial charge < -0.3 is 89.1 Å². The molecule has 1 aliphatic carbocycles. The van der Waals surface area contributed by atoms with Gasteiger partial charge in [0.05, 0.1) is 13.2 Å². The molecular weight excluding hydrogens is 1340 g/mol. The highest BCUT2D eigenvalue weighted by molar-refractivity contribution is 7.47. The van der Waals surface area contributed by atoms with Crippen LogP contribution in [0.2, 0.25) is 0 Å². The van der Waals surface area contributed by atoms with Crippen LogP contribution < -0.4 is 0 Å². The number of carbonyl (C=O) groups is 3. The van der Waals surface area contributed by atoms with E-state index < -0.39 is 156 Å². The summed E-state index contributed by atoms with van der Waals surface area (Å²) in [6.07, 6.45) is 16.8. The van der Waals surface area contributed by atoms with Gasteiger partial charge in [0, 0.05) is 19.3 Å². The van der Waals surface area contributed by atoms with Crippen LogP contribution in [0.15, 0.2) is 12.2 Å². The van der Waals surface area contributed by atoms with Gasteiger partial charge in [0.2, 0.25) is 0 Å². The molecule has 25 heteroatoms. The van der Waals surface area contributed by atoms with Gasteiger partial charge in [-0.1, -0.05) is 271 Å². The lowest BCUT2D eigenvalue weighted by Crippen LogP contribution is -2.69. The molecule has 0 aromatic heterocycles. The molecular formula is C77H143O24P. The average Bonchev–Trinajstić information content (AvgIpc) is 0.761. The molecule has 0 spiro atoms. The number of phosphoric acid groups is 1. The van der Waals surface area contributed by atoms with Crippen LogP contribution >= 0.6 is 7.82 Å². The molecule has 2 saturated heterocycles. The summed E-state index contributed by atoms with van der Waals surface area (Å²) in [5.74, 6) is -1.29. The van der Waals surface area contributed by atoms with Crippen molar-refractivity contribution < 1.29 is 117 Å². The molecule has 0 radical (unpaired) electrons. The van der Waals surface area contributed by atoms with E-state index in [1.807, 2.05) is 0 Å². The summed E-state index contributed by atoms with van der Waals surface area (Å²) in [6.45, 7) is 5.80. The van der Waals surface area contributed by atoms with Crippen molar-refractivity contribution in [2.24, 2.45) is 5.92 Å². The van der Waals surface area contributed by atoms with Gasteiger partial charge in [-0.3, -0.25) is 23.4 Å². The first-order chi connectivity index (χ1) is 49.2. The topological polar surface area (TPSA) is 374 Å². The van der Waals surface area contributed by atoms with Crippen molar-refractivity contribution >= 4 is 25.7 Å². The second kappa shape index (κ2) is 57.8. The van der Waals surface area contributed by atoms with Crippen molar-refractivity contribution in [1.29, 1.82) is 0 Å². The van der Waals surface area contributed by atoms with Crippen molar-refractivity contribution in [3.8, 4) is 0 Å². The monoisotopic (exact) mass is 1480 g/mol. The fourth-order valence-electron chi connectivity index (χ4n) is 13.5. The highest BCUT2D eigenvalue weighted by atomic mass is 31.2. The third-order valence-corrected chi connectivity index (χ3v) is 21.2. The molecule has 0 aromatic rings. The third-order valence-electron chi connectivity index (χ3n) is 20.2. The molecule has 600 valence electrons. The van der Waals surface area contributed by atoms with Crippen molar-refractivity contribution in [2.45, 2.75) is 427 Å². The van der Waals surface area contributed by atoms with Gasteiger partial charge >= 0.3 is 25.7 Å². The van der Waals surface area contributed by atoms with Crippen molar-refractivity contribution in [3.63, 3.8) is 0 Å². The molecule has 3 rings (SSSR count). The van der Waals surface area contributed by atoms with Crippen molar-refractivity contribution in [3.05, 3.63) is 12.2 Å². The number of allylic oxidation sites excluding steroid dienone is 2.